The van der Waals surface area contributed by atoms with E-state index in [9.17, 15) is 33.7 Å². The number of unbranched alkanes of at least 4 members (excludes halogenated alkanes) is 1. The summed E-state index contributed by atoms with van der Waals surface area (Å²) in [6.45, 7) is 23.1. The van der Waals surface area contributed by atoms with E-state index in [0.29, 0.717) is 70.2 Å². The molecule has 16 heteroatoms. The molecule has 0 aliphatic heterocycles. The second-order valence-corrected chi connectivity index (χ2v) is 26.7. The van der Waals surface area contributed by atoms with Crippen LogP contribution in [0.5, 0.6) is 0 Å². The van der Waals surface area contributed by atoms with Gasteiger partial charge in [-0.25, -0.2) is 43.1 Å². The SMILES string of the molecule is Cc1cc(C)c(S(=O)(=O)NC[C@@H]2C[C@H]2CN(CCCCN(C[C@H]2C[C@@H]2CNS(=O)(=O)c2c(C)cc(C)cc2C)S(=O)(=O)c2c(C)cc(C)cc2C)S(=O)(=O)c2c(C)cc(C)cc2C)c(C)c1. The number of aryl methyl sites for hydroxylation is 12. The lowest BCUT2D eigenvalue weighted by Gasteiger charge is -2.27. The van der Waals surface area contributed by atoms with E-state index >= 15 is 0 Å². The lowest BCUT2D eigenvalue weighted by Crippen LogP contribution is -2.37. The van der Waals surface area contributed by atoms with Crippen molar-refractivity contribution in [3.05, 3.63) is 115 Å². The molecule has 2 aliphatic rings. The highest BCUT2D eigenvalue weighted by Gasteiger charge is 2.43. The molecule has 2 N–H and O–H groups in total. The van der Waals surface area contributed by atoms with E-state index in [2.05, 4.69) is 9.44 Å². The van der Waals surface area contributed by atoms with Gasteiger partial charge in [-0.3, -0.25) is 0 Å². The Kier molecular flexibility index (Phi) is 15.6. The van der Waals surface area contributed by atoms with Crippen molar-refractivity contribution in [2.75, 3.05) is 39.3 Å². The Morgan fingerprint density at radius 1 is 0.394 bits per heavy atom. The van der Waals surface area contributed by atoms with Gasteiger partial charge in [0.25, 0.3) is 0 Å². The van der Waals surface area contributed by atoms with Crippen molar-refractivity contribution < 1.29 is 33.7 Å². The molecule has 0 saturated heterocycles. The van der Waals surface area contributed by atoms with Crippen LogP contribution in [-0.4, -0.2) is 81.6 Å². The molecule has 0 amide bonds. The van der Waals surface area contributed by atoms with Gasteiger partial charge in [0.2, 0.25) is 40.1 Å². The zero-order valence-corrected chi connectivity index (χ0v) is 44.1. The summed E-state index contributed by atoms with van der Waals surface area (Å²) in [7, 11) is -15.6. The summed E-state index contributed by atoms with van der Waals surface area (Å²) < 4.78 is 121. The van der Waals surface area contributed by atoms with Crippen molar-refractivity contribution in [1.82, 2.24) is 18.1 Å². The van der Waals surface area contributed by atoms with Gasteiger partial charge in [0.15, 0.2) is 0 Å². The maximum Gasteiger partial charge on any atom is 0.243 e. The molecule has 12 nitrogen and oxygen atoms in total. The molecule has 2 aliphatic carbocycles. The molecule has 0 heterocycles. The summed E-state index contributed by atoms with van der Waals surface area (Å²) in [6, 6.07) is 14.8. The van der Waals surface area contributed by atoms with E-state index < -0.39 is 40.1 Å². The number of rotatable bonds is 21. The quantitative estimate of drug-likeness (QED) is 0.0791. The fraction of sp³-hybridized carbons (Fsp3) is 0.520. The van der Waals surface area contributed by atoms with Gasteiger partial charge in [-0.05, 0) is 177 Å². The topological polar surface area (TPSA) is 167 Å². The molecule has 0 unspecified atom stereocenters. The molecule has 66 heavy (non-hydrogen) atoms. The van der Waals surface area contributed by atoms with Crippen LogP contribution in [0.3, 0.4) is 0 Å². The van der Waals surface area contributed by atoms with Crippen molar-refractivity contribution in [3.63, 3.8) is 0 Å². The summed E-state index contributed by atoms with van der Waals surface area (Å²) in [5, 5.41) is 0. The Balaban J connectivity index is 1.18. The third-order valence-electron chi connectivity index (χ3n) is 13.3. The van der Waals surface area contributed by atoms with Crippen molar-refractivity contribution in [3.8, 4) is 0 Å². The van der Waals surface area contributed by atoms with Crippen LogP contribution in [0.2, 0.25) is 0 Å². The molecule has 0 aromatic heterocycles. The summed E-state index contributed by atoms with van der Waals surface area (Å²) in [4.78, 5) is 1.06. The maximum atomic E-state index is 14.7. The van der Waals surface area contributed by atoms with Gasteiger partial charge < -0.3 is 0 Å². The number of nitrogens with one attached hydrogen (secondary N) is 2. The van der Waals surface area contributed by atoms with Gasteiger partial charge in [0.05, 0.1) is 19.6 Å². The molecule has 0 spiro atoms. The van der Waals surface area contributed by atoms with E-state index in [1.165, 1.54) is 8.61 Å². The highest BCUT2D eigenvalue weighted by atomic mass is 32.2. The fourth-order valence-electron chi connectivity index (χ4n) is 10.5. The molecular weight excluding hydrogens is 913 g/mol. The first-order chi connectivity index (χ1) is 30.6. The summed E-state index contributed by atoms with van der Waals surface area (Å²) >= 11 is 0. The Hall–Kier alpha value is -3.48. The van der Waals surface area contributed by atoms with Gasteiger partial charge in [-0.1, -0.05) is 70.8 Å². The third kappa shape index (κ3) is 11.7. The number of nitrogens with zero attached hydrogens (tertiary/aromatic N) is 2. The van der Waals surface area contributed by atoms with Gasteiger partial charge in [-0.15, -0.1) is 0 Å². The van der Waals surface area contributed by atoms with Crippen LogP contribution in [0.4, 0.5) is 0 Å². The molecule has 4 aromatic rings. The number of benzene rings is 4. The van der Waals surface area contributed by atoms with E-state index in [1.807, 2.05) is 76.2 Å². The molecular formula is C50H70N4O8S4. The summed E-state index contributed by atoms with van der Waals surface area (Å²) in [6.07, 6.45) is 2.08. The van der Waals surface area contributed by atoms with Crippen LogP contribution in [-0.2, 0) is 40.1 Å². The first-order valence-corrected chi connectivity index (χ1v) is 28.8. The van der Waals surface area contributed by atoms with Gasteiger partial charge in [-0.2, -0.15) is 8.61 Å². The Labute approximate surface area is 396 Å². The molecule has 0 bridgehead atoms. The molecule has 362 valence electrons. The van der Waals surface area contributed by atoms with Crippen LogP contribution >= 0.6 is 0 Å². The maximum absolute atomic E-state index is 14.7. The summed E-state index contributed by atoms with van der Waals surface area (Å²) in [5.41, 5.74) is 9.15. The van der Waals surface area contributed by atoms with Gasteiger partial charge in [0.1, 0.15) is 0 Å². The summed E-state index contributed by atoms with van der Waals surface area (Å²) in [5.74, 6) is -0.236. The Morgan fingerprint density at radius 2 is 0.636 bits per heavy atom. The van der Waals surface area contributed by atoms with Crippen LogP contribution < -0.4 is 9.44 Å². The third-order valence-corrected chi connectivity index (χ3v) is 21.1. The second kappa shape index (κ2) is 19.9. The number of hydrogen-bond donors (Lipinski definition) is 2. The van der Waals surface area contributed by atoms with Crippen molar-refractivity contribution in [2.45, 2.75) is 128 Å². The van der Waals surface area contributed by atoms with Gasteiger partial charge in [0, 0.05) is 39.3 Å². The Bertz CT molecular complexity index is 2680. The monoisotopic (exact) mass is 982 g/mol. The molecule has 0 radical (unpaired) electrons. The molecule has 6 rings (SSSR count). The zero-order chi connectivity index (χ0) is 48.8. The molecule has 4 aromatic carbocycles. The van der Waals surface area contributed by atoms with E-state index in [1.54, 1.807) is 55.4 Å². The lowest BCUT2D eigenvalue weighted by atomic mass is 10.1. The lowest BCUT2D eigenvalue weighted by molar-refractivity contribution is 0.348. The minimum atomic E-state index is -4.00. The van der Waals surface area contributed by atoms with Crippen molar-refractivity contribution >= 4 is 40.1 Å². The second-order valence-electron chi connectivity index (χ2n) is 19.6. The standard InChI is InChI=1S/C50H70N4O8S4/c1-31-17-35(5)47(36(6)18-31)63(55,56)51-27-43-25-45(43)29-53(65(59,60)49-39(9)21-33(3)22-40(49)10)15-13-14-16-54(66(61,62)50-41(11)23-34(4)24-42(50)12)30-46-26-44(46)28-52-64(57,58)48-37(7)19-32(2)20-38(48)8/h17-24,43-46,51-52H,13-16,25-30H2,1-12H3/t43-,44+,45-,46+. The van der Waals surface area contributed by atoms with Crippen LogP contribution in [0.15, 0.2) is 68.1 Å². The first kappa shape index (κ1) is 51.9. The average Bonchev–Trinajstić information content (AvgIpc) is 4.08. The normalized spacial score (nSPS) is 18.9. The van der Waals surface area contributed by atoms with E-state index in [-0.39, 0.29) is 82.5 Å². The smallest absolute Gasteiger partial charge is 0.211 e. The van der Waals surface area contributed by atoms with Gasteiger partial charge >= 0.3 is 0 Å². The highest BCUT2D eigenvalue weighted by molar-refractivity contribution is 7.90. The minimum absolute atomic E-state index is 0.0497. The Morgan fingerprint density at radius 3 is 0.894 bits per heavy atom. The number of hydrogen-bond acceptors (Lipinski definition) is 8. The largest absolute Gasteiger partial charge is 0.243 e. The fourth-order valence-corrected chi connectivity index (χ4v) is 17.4. The van der Waals surface area contributed by atoms with Crippen molar-refractivity contribution in [1.29, 1.82) is 0 Å². The van der Waals surface area contributed by atoms with E-state index in [0.717, 1.165) is 22.3 Å². The first-order valence-electron chi connectivity index (χ1n) is 22.9. The van der Waals surface area contributed by atoms with E-state index in [4.69, 9.17) is 0 Å². The molecule has 4 atom stereocenters. The number of sulfonamides is 4. The zero-order valence-electron chi connectivity index (χ0n) is 40.8. The minimum Gasteiger partial charge on any atom is -0.211 e. The molecule has 2 fully saturated rings. The van der Waals surface area contributed by atoms with Crippen molar-refractivity contribution in [2.24, 2.45) is 23.7 Å². The molecule has 2 saturated carbocycles. The van der Waals surface area contributed by atoms with Crippen LogP contribution in [0.1, 0.15) is 92.4 Å². The predicted molar refractivity (Wildman–Crippen MR) is 263 cm³/mol. The van der Waals surface area contributed by atoms with Crippen LogP contribution in [0.25, 0.3) is 0 Å². The van der Waals surface area contributed by atoms with Crippen LogP contribution in [0, 0.1) is 107 Å². The highest BCUT2D eigenvalue weighted by Crippen LogP contribution is 2.42. The average molecular weight is 983 g/mol. The predicted octanol–water partition coefficient (Wildman–Crippen LogP) is 8.08.